The highest BCUT2D eigenvalue weighted by atomic mass is 16.5. The van der Waals surface area contributed by atoms with Crippen LogP contribution in [0.4, 0.5) is 5.69 Å². The van der Waals surface area contributed by atoms with E-state index in [2.05, 4.69) is 44.7 Å². The SMILES string of the molecule is CCCCCCCCCCCCOc1cc(C(=O)Oc2ccc(N=C3N(C)CCN3C)cc2)cc(OCCCCCCCCCCCC)c1OCCCCCCCCCCCC. The lowest BCUT2D eigenvalue weighted by molar-refractivity contribution is 0.0733. The van der Waals surface area contributed by atoms with Gasteiger partial charge in [-0.3, -0.25) is 0 Å². The van der Waals surface area contributed by atoms with Crippen LogP contribution < -0.4 is 18.9 Å². The molecular formula is C54H91N3O5. The number of ether oxygens (including phenoxy) is 4. The Morgan fingerprint density at radius 3 is 1.19 bits per heavy atom. The molecule has 8 heteroatoms. The second-order valence-electron chi connectivity index (χ2n) is 18.0. The molecule has 0 aliphatic carbocycles. The molecule has 2 aromatic rings. The summed E-state index contributed by atoms with van der Waals surface area (Å²) in [7, 11) is 4.11. The summed E-state index contributed by atoms with van der Waals surface area (Å²) in [5.74, 6) is 2.69. The minimum atomic E-state index is -0.451. The van der Waals surface area contributed by atoms with Crippen molar-refractivity contribution in [2.75, 3.05) is 47.0 Å². The first-order valence-electron chi connectivity index (χ1n) is 25.9. The van der Waals surface area contributed by atoms with E-state index in [1.165, 1.54) is 154 Å². The van der Waals surface area contributed by atoms with Crippen molar-refractivity contribution in [1.29, 1.82) is 0 Å². The van der Waals surface area contributed by atoms with Gasteiger partial charge in [0.2, 0.25) is 11.7 Å². The maximum atomic E-state index is 13.8. The second-order valence-corrected chi connectivity index (χ2v) is 18.0. The molecule has 1 heterocycles. The van der Waals surface area contributed by atoms with Crippen LogP contribution in [-0.4, -0.2) is 68.7 Å². The molecule has 0 spiro atoms. The van der Waals surface area contributed by atoms with Gasteiger partial charge >= 0.3 is 5.97 Å². The summed E-state index contributed by atoms with van der Waals surface area (Å²) < 4.78 is 25.5. The van der Waals surface area contributed by atoms with Gasteiger partial charge in [-0.1, -0.05) is 194 Å². The first-order chi connectivity index (χ1) is 30.5. The zero-order chi connectivity index (χ0) is 44.3. The van der Waals surface area contributed by atoms with E-state index in [4.69, 9.17) is 23.9 Å². The number of benzene rings is 2. The first-order valence-corrected chi connectivity index (χ1v) is 25.9. The number of hydrogen-bond acceptors (Lipinski definition) is 6. The van der Waals surface area contributed by atoms with Crippen LogP contribution in [0.1, 0.15) is 224 Å². The van der Waals surface area contributed by atoms with Gasteiger partial charge < -0.3 is 28.7 Å². The monoisotopic (exact) mass is 862 g/mol. The summed E-state index contributed by atoms with van der Waals surface area (Å²) in [6, 6.07) is 11.0. The number of esters is 1. The third kappa shape index (κ3) is 23.3. The van der Waals surface area contributed by atoms with Crippen LogP contribution in [0.3, 0.4) is 0 Å². The number of aliphatic imine (C=N–C) groups is 1. The Bertz CT molecular complexity index is 1390. The average molecular weight is 862 g/mol. The maximum Gasteiger partial charge on any atom is 0.343 e. The van der Waals surface area contributed by atoms with Crippen molar-refractivity contribution in [3.05, 3.63) is 42.0 Å². The molecule has 0 unspecified atom stereocenters. The molecule has 1 saturated heterocycles. The molecule has 1 aliphatic rings. The molecule has 352 valence electrons. The van der Waals surface area contributed by atoms with Gasteiger partial charge in [-0.15, -0.1) is 0 Å². The molecule has 1 aliphatic heterocycles. The topological polar surface area (TPSA) is 72.8 Å². The normalized spacial score (nSPS) is 12.6. The largest absolute Gasteiger partial charge is 0.490 e. The summed E-state index contributed by atoms with van der Waals surface area (Å²) in [6.45, 7) is 10.4. The lowest BCUT2D eigenvalue weighted by Crippen LogP contribution is -2.27. The number of carbonyl (C=O) groups excluding carboxylic acids is 1. The van der Waals surface area contributed by atoms with Crippen molar-refractivity contribution < 1.29 is 23.7 Å². The number of unbranched alkanes of at least 4 members (excludes halogenated alkanes) is 27. The highest BCUT2D eigenvalue weighted by Crippen LogP contribution is 2.40. The number of rotatable bonds is 39. The van der Waals surface area contributed by atoms with Gasteiger partial charge in [-0.2, -0.15) is 0 Å². The molecule has 8 nitrogen and oxygen atoms in total. The number of guanidine groups is 1. The van der Waals surface area contributed by atoms with Crippen LogP contribution in [0.2, 0.25) is 0 Å². The molecule has 0 saturated carbocycles. The quantitative estimate of drug-likeness (QED) is 0.0376. The predicted molar refractivity (Wildman–Crippen MR) is 262 cm³/mol. The van der Waals surface area contributed by atoms with E-state index in [0.29, 0.717) is 48.4 Å². The number of likely N-dealkylation sites (N-methyl/N-ethyl adjacent to an activating group) is 2. The van der Waals surface area contributed by atoms with Gasteiger partial charge in [0.1, 0.15) is 5.75 Å². The lowest BCUT2D eigenvalue weighted by Gasteiger charge is -2.19. The minimum Gasteiger partial charge on any atom is -0.490 e. The molecule has 1 fully saturated rings. The molecule has 62 heavy (non-hydrogen) atoms. The Hall–Kier alpha value is -3.42. The van der Waals surface area contributed by atoms with E-state index in [1.54, 1.807) is 24.3 Å². The average Bonchev–Trinajstić information content (AvgIpc) is 3.59. The van der Waals surface area contributed by atoms with Crippen LogP contribution in [-0.2, 0) is 0 Å². The van der Waals surface area contributed by atoms with Gasteiger partial charge in [0.05, 0.1) is 31.1 Å². The zero-order valence-electron chi connectivity index (χ0n) is 40.6. The van der Waals surface area contributed by atoms with Crippen molar-refractivity contribution in [2.45, 2.75) is 213 Å². The minimum absolute atomic E-state index is 0.394. The van der Waals surface area contributed by atoms with Gasteiger partial charge in [0, 0.05) is 27.2 Å². The summed E-state index contributed by atoms with van der Waals surface area (Å²) in [4.78, 5) is 22.9. The van der Waals surface area contributed by atoms with Crippen LogP contribution in [0, 0.1) is 0 Å². The van der Waals surface area contributed by atoms with Crippen LogP contribution in [0.15, 0.2) is 41.4 Å². The number of hydrogen-bond donors (Lipinski definition) is 0. The fraction of sp³-hybridized carbons (Fsp3) is 0.741. The smallest absolute Gasteiger partial charge is 0.343 e. The Morgan fingerprint density at radius 1 is 0.484 bits per heavy atom. The van der Waals surface area contributed by atoms with E-state index in [-0.39, 0.29) is 0 Å². The molecule has 3 rings (SSSR count). The highest BCUT2D eigenvalue weighted by Gasteiger charge is 2.22. The molecular weight excluding hydrogens is 771 g/mol. The number of nitrogens with zero attached hydrogens (tertiary/aromatic N) is 3. The van der Waals surface area contributed by atoms with Crippen molar-refractivity contribution in [2.24, 2.45) is 4.99 Å². The fourth-order valence-corrected chi connectivity index (χ4v) is 8.19. The van der Waals surface area contributed by atoms with Crippen molar-refractivity contribution >= 4 is 17.6 Å². The third-order valence-corrected chi connectivity index (χ3v) is 12.2. The predicted octanol–water partition coefficient (Wildman–Crippen LogP) is 15.7. The standard InChI is InChI=1S/C54H91N3O5/c1-6-9-12-15-18-21-24-27-30-33-42-59-50-45-47(53(58)62-49-38-36-48(37-39-49)55-54-56(4)40-41-57(54)5)46-51(60-43-34-31-28-25-22-19-16-13-10-7-2)52(50)61-44-35-32-29-26-23-20-17-14-11-8-3/h36-39,45-46H,6-35,40-44H2,1-5H3. The van der Waals surface area contributed by atoms with Crippen molar-refractivity contribution in [3.63, 3.8) is 0 Å². The maximum absolute atomic E-state index is 13.8. The Labute approximate surface area is 380 Å². The zero-order valence-corrected chi connectivity index (χ0v) is 40.6. The van der Waals surface area contributed by atoms with Crippen LogP contribution in [0.5, 0.6) is 23.0 Å². The van der Waals surface area contributed by atoms with E-state index in [0.717, 1.165) is 63.3 Å². The molecule has 0 bridgehead atoms. The Balaban J connectivity index is 1.68. The summed E-state index contributed by atoms with van der Waals surface area (Å²) in [5, 5.41) is 0. The molecule has 0 radical (unpaired) electrons. The third-order valence-electron chi connectivity index (χ3n) is 12.2. The van der Waals surface area contributed by atoms with Gasteiger partial charge in [-0.05, 0) is 55.7 Å². The molecule has 0 amide bonds. The summed E-state index contributed by atoms with van der Waals surface area (Å²) in [5.41, 5.74) is 1.21. The van der Waals surface area contributed by atoms with Gasteiger partial charge in [0.25, 0.3) is 0 Å². The van der Waals surface area contributed by atoms with E-state index < -0.39 is 5.97 Å². The van der Waals surface area contributed by atoms with E-state index >= 15 is 0 Å². The molecule has 0 atom stereocenters. The fourth-order valence-electron chi connectivity index (χ4n) is 8.19. The molecule has 0 N–H and O–H groups in total. The Kier molecular flexibility index (Phi) is 29.9. The summed E-state index contributed by atoms with van der Waals surface area (Å²) in [6.07, 6.45) is 37.9. The van der Waals surface area contributed by atoms with E-state index in [1.807, 2.05) is 12.1 Å². The molecule has 2 aromatic carbocycles. The van der Waals surface area contributed by atoms with E-state index in [9.17, 15) is 4.79 Å². The Morgan fingerprint density at radius 2 is 0.823 bits per heavy atom. The van der Waals surface area contributed by atoms with Crippen molar-refractivity contribution in [1.82, 2.24) is 9.80 Å². The van der Waals surface area contributed by atoms with Crippen molar-refractivity contribution in [3.8, 4) is 23.0 Å². The van der Waals surface area contributed by atoms with Gasteiger partial charge in [-0.25, -0.2) is 9.79 Å². The molecule has 0 aromatic heterocycles. The van der Waals surface area contributed by atoms with Gasteiger partial charge in [0.15, 0.2) is 11.5 Å². The van der Waals surface area contributed by atoms with Crippen LogP contribution >= 0.6 is 0 Å². The highest BCUT2D eigenvalue weighted by molar-refractivity contribution is 5.93. The second kappa shape index (κ2) is 35.0. The first kappa shape index (κ1) is 52.9. The van der Waals surface area contributed by atoms with Crippen LogP contribution in [0.25, 0.3) is 0 Å². The number of carbonyl (C=O) groups is 1. The summed E-state index contributed by atoms with van der Waals surface area (Å²) >= 11 is 0. The lowest BCUT2D eigenvalue weighted by atomic mass is 10.1.